The number of hydrogen-bond donors (Lipinski definition) is 1. The van der Waals surface area contributed by atoms with E-state index in [0.29, 0.717) is 52.6 Å². The maximum atomic E-state index is 13.9. The Morgan fingerprint density at radius 2 is 1.74 bits per heavy atom. The summed E-state index contributed by atoms with van der Waals surface area (Å²) in [5.41, 5.74) is 6.06. The van der Waals surface area contributed by atoms with Crippen molar-refractivity contribution in [3.8, 4) is 39.3 Å². The third kappa shape index (κ3) is 5.97. The van der Waals surface area contributed by atoms with Gasteiger partial charge in [0.2, 0.25) is 5.91 Å². The zero-order valence-corrected chi connectivity index (χ0v) is 26.4. The van der Waals surface area contributed by atoms with E-state index in [1.54, 1.807) is 63.1 Å². The number of rotatable bonds is 4. The van der Waals surface area contributed by atoms with Crippen molar-refractivity contribution in [1.82, 2.24) is 34.1 Å². The van der Waals surface area contributed by atoms with Crippen molar-refractivity contribution in [2.75, 3.05) is 5.32 Å². The minimum atomic E-state index is -0.414. The van der Waals surface area contributed by atoms with Gasteiger partial charge < -0.3 is 5.32 Å². The Morgan fingerprint density at radius 3 is 2.55 bits per heavy atom. The number of amides is 1. The number of pyridine rings is 1. The third-order valence-corrected chi connectivity index (χ3v) is 8.80. The van der Waals surface area contributed by atoms with E-state index in [4.69, 9.17) is 16.6 Å². The van der Waals surface area contributed by atoms with Gasteiger partial charge in [0.15, 0.2) is 0 Å². The van der Waals surface area contributed by atoms with Crippen molar-refractivity contribution < 1.29 is 9.18 Å². The number of fused-ring (bicyclic) bond motifs is 4. The topological polar surface area (TPSA) is 113 Å². The first-order valence-electron chi connectivity index (χ1n) is 15.2. The highest BCUT2D eigenvalue weighted by Crippen LogP contribution is 2.35. The predicted octanol–water partition coefficient (Wildman–Crippen LogP) is 6.70. The molecule has 2 bridgehead atoms. The number of nitrogens with one attached hydrogen (secondary N) is 1. The van der Waals surface area contributed by atoms with Gasteiger partial charge in [-0.15, -0.1) is 0 Å². The SMILES string of the molecule is C[C@@H]1CCC[C@H](n2cnc(-c3cc(Cl)ccc3-c3cnn(-c4ccc(F)cc4)c3)cc2=O)c2cc(ccn2)-c2c(cnn2C)NC1=O. The Kier molecular flexibility index (Phi) is 7.98. The van der Waals surface area contributed by atoms with Crippen LogP contribution in [0.5, 0.6) is 0 Å². The molecule has 6 aromatic rings. The summed E-state index contributed by atoms with van der Waals surface area (Å²) < 4.78 is 18.5. The van der Waals surface area contributed by atoms with Crippen LogP contribution in [0.25, 0.3) is 39.3 Å². The van der Waals surface area contributed by atoms with Crippen LogP contribution in [0.1, 0.15) is 37.9 Å². The smallest absolute Gasteiger partial charge is 0.254 e. The molecule has 236 valence electrons. The Labute approximate surface area is 274 Å². The van der Waals surface area contributed by atoms with Crippen LogP contribution in [0.4, 0.5) is 10.1 Å². The molecule has 4 aromatic heterocycles. The molecule has 0 saturated heterocycles. The highest BCUT2D eigenvalue weighted by molar-refractivity contribution is 6.31. The van der Waals surface area contributed by atoms with Gasteiger partial charge in [0, 0.05) is 53.1 Å². The lowest BCUT2D eigenvalue weighted by molar-refractivity contribution is -0.119. The van der Waals surface area contributed by atoms with Crippen LogP contribution in [0.15, 0.2) is 96.6 Å². The molecule has 0 fully saturated rings. The molecule has 47 heavy (non-hydrogen) atoms. The summed E-state index contributed by atoms with van der Waals surface area (Å²) in [6.45, 7) is 1.90. The normalized spacial score (nSPS) is 16.6. The lowest BCUT2D eigenvalue weighted by atomic mass is 9.96. The van der Waals surface area contributed by atoms with E-state index >= 15 is 0 Å². The van der Waals surface area contributed by atoms with E-state index < -0.39 is 6.04 Å². The standard InChI is InChI=1S/C35H30ClFN8O2/c1-21-4-3-5-32(30-14-22(12-13-38-30)34-31(42-35(21)47)18-40-43(34)2)44-20-39-29(16-33(44)46)28-15-24(36)6-11-27(28)23-17-41-45(19-23)26-9-7-25(37)8-10-26/h6-21,32H,3-5H2,1-2H3,(H,42,47)/t21-,32+/m1/s1. The molecule has 5 heterocycles. The molecule has 2 aromatic carbocycles. The largest absolute Gasteiger partial charge is 0.323 e. The Bertz CT molecular complexity index is 2170. The summed E-state index contributed by atoms with van der Waals surface area (Å²) in [5, 5.41) is 12.4. The Hall–Kier alpha value is -5.42. The lowest BCUT2D eigenvalue weighted by Crippen LogP contribution is -2.27. The van der Waals surface area contributed by atoms with Gasteiger partial charge in [0.1, 0.15) is 5.82 Å². The molecule has 1 amide bonds. The van der Waals surface area contributed by atoms with Crippen LogP contribution >= 0.6 is 11.6 Å². The van der Waals surface area contributed by atoms with E-state index in [-0.39, 0.29) is 23.2 Å². The number of nitrogens with zero attached hydrogens (tertiary/aromatic N) is 7. The van der Waals surface area contributed by atoms with Crippen LogP contribution < -0.4 is 10.9 Å². The van der Waals surface area contributed by atoms with Gasteiger partial charge in [0.25, 0.3) is 5.56 Å². The van der Waals surface area contributed by atoms with Crippen molar-refractivity contribution in [2.45, 2.75) is 32.2 Å². The van der Waals surface area contributed by atoms with Crippen LogP contribution in [0.3, 0.4) is 0 Å². The average Bonchev–Trinajstić information content (AvgIpc) is 3.70. The highest BCUT2D eigenvalue weighted by atomic mass is 35.5. The van der Waals surface area contributed by atoms with E-state index in [0.717, 1.165) is 22.4 Å². The summed E-state index contributed by atoms with van der Waals surface area (Å²) in [6, 6.07) is 16.4. The quantitative estimate of drug-likeness (QED) is 0.228. The van der Waals surface area contributed by atoms with E-state index in [9.17, 15) is 14.0 Å². The number of halogens is 2. The molecule has 2 atom stereocenters. The fourth-order valence-corrected chi connectivity index (χ4v) is 6.22. The summed E-state index contributed by atoms with van der Waals surface area (Å²) in [5.74, 6) is -0.638. The number of anilines is 1. The number of carbonyl (C=O) groups is 1. The summed E-state index contributed by atoms with van der Waals surface area (Å²) >= 11 is 6.44. The zero-order valence-electron chi connectivity index (χ0n) is 25.6. The molecule has 1 N–H and O–H groups in total. The van der Waals surface area contributed by atoms with Crippen molar-refractivity contribution in [1.29, 1.82) is 0 Å². The van der Waals surface area contributed by atoms with Crippen molar-refractivity contribution in [3.63, 3.8) is 0 Å². The molecule has 10 nitrogen and oxygen atoms in total. The molecule has 0 unspecified atom stereocenters. The minimum Gasteiger partial charge on any atom is -0.323 e. The molecule has 0 saturated carbocycles. The van der Waals surface area contributed by atoms with Gasteiger partial charge in [-0.05, 0) is 66.9 Å². The maximum Gasteiger partial charge on any atom is 0.254 e. The third-order valence-electron chi connectivity index (χ3n) is 8.57. The Morgan fingerprint density at radius 1 is 0.915 bits per heavy atom. The van der Waals surface area contributed by atoms with Gasteiger partial charge in [-0.3, -0.25) is 23.8 Å². The second kappa shape index (κ2) is 12.4. The van der Waals surface area contributed by atoms with E-state index in [1.807, 2.05) is 38.4 Å². The van der Waals surface area contributed by atoms with Crippen LogP contribution in [0, 0.1) is 11.7 Å². The van der Waals surface area contributed by atoms with Crippen LogP contribution in [-0.2, 0) is 11.8 Å². The Balaban J connectivity index is 1.27. The molecule has 12 heteroatoms. The number of hydrogen-bond acceptors (Lipinski definition) is 6. The first-order chi connectivity index (χ1) is 22.7. The highest BCUT2D eigenvalue weighted by Gasteiger charge is 2.24. The fourth-order valence-electron chi connectivity index (χ4n) is 6.05. The summed E-state index contributed by atoms with van der Waals surface area (Å²) in [4.78, 5) is 36.3. The van der Waals surface area contributed by atoms with Crippen LogP contribution in [0.2, 0.25) is 5.02 Å². The van der Waals surface area contributed by atoms with Crippen LogP contribution in [-0.4, -0.2) is 40.0 Å². The van der Waals surface area contributed by atoms with Crippen molar-refractivity contribution in [3.05, 3.63) is 119 Å². The molecular formula is C35H30ClFN8O2. The number of aromatic nitrogens is 7. The van der Waals surface area contributed by atoms with Gasteiger partial charge >= 0.3 is 0 Å². The van der Waals surface area contributed by atoms with Gasteiger partial charge in [-0.2, -0.15) is 10.2 Å². The summed E-state index contributed by atoms with van der Waals surface area (Å²) in [7, 11) is 1.82. The summed E-state index contributed by atoms with van der Waals surface area (Å²) in [6.07, 6.45) is 10.4. The second-order valence-electron chi connectivity index (χ2n) is 11.7. The maximum absolute atomic E-state index is 13.9. The zero-order chi connectivity index (χ0) is 32.7. The number of benzene rings is 2. The molecule has 7 rings (SSSR count). The van der Waals surface area contributed by atoms with Crippen molar-refractivity contribution in [2.24, 2.45) is 13.0 Å². The molecule has 0 spiro atoms. The predicted molar refractivity (Wildman–Crippen MR) is 178 cm³/mol. The number of aryl methyl sites for hydroxylation is 1. The molecule has 0 radical (unpaired) electrons. The van der Waals surface area contributed by atoms with Gasteiger partial charge in [0.05, 0.1) is 53.2 Å². The van der Waals surface area contributed by atoms with E-state index in [2.05, 4.69) is 20.5 Å². The first kappa shape index (κ1) is 30.2. The first-order valence-corrected chi connectivity index (χ1v) is 15.6. The van der Waals surface area contributed by atoms with Crippen molar-refractivity contribution >= 4 is 23.2 Å². The molecular weight excluding hydrogens is 619 g/mol. The molecule has 0 aliphatic carbocycles. The molecule has 1 aliphatic rings. The van der Waals surface area contributed by atoms with Gasteiger partial charge in [-0.25, -0.2) is 14.1 Å². The minimum absolute atomic E-state index is 0.0747. The average molecular weight is 649 g/mol. The monoisotopic (exact) mass is 648 g/mol. The fraction of sp³-hybridized carbons (Fsp3) is 0.200. The van der Waals surface area contributed by atoms with Gasteiger partial charge in [-0.1, -0.05) is 31.0 Å². The second-order valence-corrected chi connectivity index (χ2v) is 12.1. The molecule has 1 aliphatic heterocycles. The lowest BCUT2D eigenvalue weighted by Gasteiger charge is -2.22. The number of carbonyl (C=O) groups excluding carboxylic acids is 1. The van der Waals surface area contributed by atoms with E-state index in [1.165, 1.54) is 18.2 Å².